The summed E-state index contributed by atoms with van der Waals surface area (Å²) in [6.07, 6.45) is 1.48. The first-order chi connectivity index (χ1) is 9.60. The molecule has 1 aromatic carbocycles. The second-order valence-electron chi connectivity index (χ2n) is 5.01. The number of carbonyl (C=O) groups is 1. The van der Waals surface area contributed by atoms with Crippen LogP contribution in [0.25, 0.3) is 0 Å². The molecule has 1 rings (SSSR count). The van der Waals surface area contributed by atoms with Gasteiger partial charge in [0.15, 0.2) is 5.78 Å². The second kappa shape index (κ2) is 6.66. The molecule has 0 spiro atoms. The lowest BCUT2D eigenvalue weighted by Gasteiger charge is -2.15. The number of nitro groups is 1. The molecule has 0 fully saturated rings. The van der Waals surface area contributed by atoms with E-state index in [1.165, 1.54) is 25.1 Å². The van der Waals surface area contributed by atoms with Gasteiger partial charge in [0.2, 0.25) is 0 Å². The maximum Gasteiger partial charge on any atom is 0.293 e. The van der Waals surface area contributed by atoms with Crippen molar-refractivity contribution in [2.45, 2.75) is 26.3 Å². The third-order valence-corrected chi connectivity index (χ3v) is 3.90. The third-order valence-electron chi connectivity index (χ3n) is 2.92. The highest BCUT2D eigenvalue weighted by Crippen LogP contribution is 2.26. The Bertz CT molecular complexity index is 655. The zero-order valence-electron chi connectivity index (χ0n) is 12.1. The predicted octanol–water partition coefficient (Wildman–Crippen LogP) is 2.03. The van der Waals surface area contributed by atoms with E-state index in [4.69, 9.17) is 0 Å². The van der Waals surface area contributed by atoms with Gasteiger partial charge in [0.05, 0.1) is 10.7 Å². The number of Topliss-reactive ketones (excluding diaryl/α,β-unsaturated/α-hetero) is 1. The van der Waals surface area contributed by atoms with Gasteiger partial charge in [0.1, 0.15) is 15.5 Å². The van der Waals surface area contributed by atoms with E-state index < -0.39 is 14.8 Å². The van der Waals surface area contributed by atoms with E-state index in [1.807, 2.05) is 0 Å². The van der Waals surface area contributed by atoms with E-state index in [2.05, 4.69) is 5.32 Å². The minimum Gasteiger partial charge on any atom is -0.377 e. The number of nitrogens with zero attached hydrogens (tertiary/aromatic N) is 1. The Morgan fingerprint density at radius 2 is 2.05 bits per heavy atom. The maximum atomic E-state index is 11.3. The summed E-state index contributed by atoms with van der Waals surface area (Å²) in [5, 5.41) is 14.0. The molecule has 0 bridgehead atoms. The highest BCUT2D eigenvalue weighted by atomic mass is 32.2. The molecule has 116 valence electrons. The highest BCUT2D eigenvalue weighted by molar-refractivity contribution is 7.90. The lowest BCUT2D eigenvalue weighted by Crippen LogP contribution is -2.20. The van der Waals surface area contributed by atoms with Crippen LogP contribution in [0.5, 0.6) is 0 Å². The van der Waals surface area contributed by atoms with Crippen molar-refractivity contribution in [1.29, 1.82) is 0 Å². The van der Waals surface area contributed by atoms with Gasteiger partial charge < -0.3 is 5.32 Å². The van der Waals surface area contributed by atoms with E-state index in [1.54, 1.807) is 6.92 Å². The number of nitro benzene ring substituents is 1. The number of hydrogen-bond acceptors (Lipinski definition) is 6. The molecule has 0 radical (unpaired) electrons. The highest BCUT2D eigenvalue weighted by Gasteiger charge is 2.18. The maximum absolute atomic E-state index is 11.3. The first-order valence-electron chi connectivity index (χ1n) is 6.34. The average Bonchev–Trinajstić information content (AvgIpc) is 2.35. The molecule has 0 saturated heterocycles. The van der Waals surface area contributed by atoms with E-state index >= 15 is 0 Å². The SMILES string of the molecule is CC(=O)c1ccc(NC(C)CCS(C)(=O)=O)c([N+](=O)[O-])c1. The summed E-state index contributed by atoms with van der Waals surface area (Å²) in [6, 6.07) is 3.93. The zero-order chi connectivity index (χ0) is 16.2. The quantitative estimate of drug-likeness (QED) is 0.469. The lowest BCUT2D eigenvalue weighted by molar-refractivity contribution is -0.384. The first-order valence-corrected chi connectivity index (χ1v) is 8.40. The molecule has 0 aliphatic rings. The molecule has 1 aromatic rings. The minimum absolute atomic E-state index is 0.000490. The fraction of sp³-hybridized carbons (Fsp3) is 0.462. The largest absolute Gasteiger partial charge is 0.377 e. The van der Waals surface area contributed by atoms with Gasteiger partial charge in [-0.3, -0.25) is 14.9 Å². The number of hydrogen-bond donors (Lipinski definition) is 1. The Morgan fingerprint density at radius 1 is 1.43 bits per heavy atom. The first kappa shape index (κ1) is 17.1. The Labute approximate surface area is 123 Å². The van der Waals surface area contributed by atoms with Gasteiger partial charge in [0.25, 0.3) is 5.69 Å². The average molecular weight is 314 g/mol. The summed E-state index contributed by atoms with van der Waals surface area (Å²) in [5.74, 6) is -0.254. The molecule has 1 N–H and O–H groups in total. The number of ketones is 1. The monoisotopic (exact) mass is 314 g/mol. The van der Waals surface area contributed by atoms with Crippen LogP contribution in [-0.2, 0) is 9.84 Å². The van der Waals surface area contributed by atoms with Crippen LogP contribution in [0.1, 0.15) is 30.6 Å². The molecule has 1 atom stereocenters. The number of nitrogens with one attached hydrogen (secondary N) is 1. The molecule has 7 nitrogen and oxygen atoms in total. The van der Waals surface area contributed by atoms with Crippen LogP contribution in [-0.4, -0.2) is 37.2 Å². The van der Waals surface area contributed by atoms with Crippen LogP contribution in [0.4, 0.5) is 11.4 Å². The molecule has 0 heterocycles. The Balaban J connectivity index is 2.92. The molecule has 0 saturated carbocycles. The lowest BCUT2D eigenvalue weighted by atomic mass is 10.1. The Hall–Kier alpha value is -1.96. The standard InChI is InChI=1S/C13H18N2O5S/c1-9(6-7-21(3,19)20)14-12-5-4-11(10(2)16)8-13(12)15(17)18/h4-5,8-9,14H,6-7H2,1-3H3. The van der Waals surface area contributed by atoms with Crippen molar-refractivity contribution in [1.82, 2.24) is 0 Å². The molecule has 8 heteroatoms. The van der Waals surface area contributed by atoms with Crippen LogP contribution in [0, 0.1) is 10.1 Å². The molecule has 0 amide bonds. The zero-order valence-corrected chi connectivity index (χ0v) is 12.9. The van der Waals surface area contributed by atoms with E-state index in [-0.39, 0.29) is 34.5 Å². The number of benzene rings is 1. The van der Waals surface area contributed by atoms with Crippen molar-refractivity contribution in [2.24, 2.45) is 0 Å². The molecular weight excluding hydrogens is 296 g/mol. The van der Waals surface area contributed by atoms with Gasteiger partial charge >= 0.3 is 0 Å². The number of anilines is 1. The molecule has 21 heavy (non-hydrogen) atoms. The van der Waals surface area contributed by atoms with Crippen molar-refractivity contribution in [3.05, 3.63) is 33.9 Å². The molecule has 1 unspecified atom stereocenters. The Kier molecular flexibility index (Phi) is 5.42. The normalized spacial score (nSPS) is 12.7. The number of rotatable bonds is 7. The molecular formula is C13H18N2O5S. The molecule has 0 aliphatic carbocycles. The van der Waals surface area contributed by atoms with Gasteiger partial charge in [-0.1, -0.05) is 0 Å². The predicted molar refractivity (Wildman–Crippen MR) is 80.5 cm³/mol. The van der Waals surface area contributed by atoms with Gasteiger partial charge in [-0.2, -0.15) is 0 Å². The van der Waals surface area contributed by atoms with Gasteiger partial charge in [0, 0.05) is 23.9 Å². The topological polar surface area (TPSA) is 106 Å². The van der Waals surface area contributed by atoms with E-state index in [9.17, 15) is 23.3 Å². The summed E-state index contributed by atoms with van der Waals surface area (Å²) in [5.41, 5.74) is 0.330. The summed E-state index contributed by atoms with van der Waals surface area (Å²) >= 11 is 0. The molecule has 0 aromatic heterocycles. The molecule has 0 aliphatic heterocycles. The summed E-state index contributed by atoms with van der Waals surface area (Å²) < 4.78 is 22.2. The summed E-state index contributed by atoms with van der Waals surface area (Å²) in [4.78, 5) is 21.7. The number of sulfone groups is 1. The fourth-order valence-electron chi connectivity index (χ4n) is 1.75. The third kappa shape index (κ3) is 5.50. The van der Waals surface area contributed by atoms with Crippen molar-refractivity contribution in [3.8, 4) is 0 Å². The van der Waals surface area contributed by atoms with Crippen LogP contribution in [0.15, 0.2) is 18.2 Å². The minimum atomic E-state index is -3.07. The van der Waals surface area contributed by atoms with Gasteiger partial charge in [-0.25, -0.2) is 8.42 Å². The van der Waals surface area contributed by atoms with Crippen LogP contribution in [0.3, 0.4) is 0 Å². The summed E-state index contributed by atoms with van der Waals surface area (Å²) in [7, 11) is -3.07. The summed E-state index contributed by atoms with van der Waals surface area (Å²) in [6.45, 7) is 3.08. The van der Waals surface area contributed by atoms with Crippen molar-refractivity contribution >= 4 is 27.0 Å². The van der Waals surface area contributed by atoms with Crippen molar-refractivity contribution in [3.63, 3.8) is 0 Å². The van der Waals surface area contributed by atoms with E-state index in [0.717, 1.165) is 6.26 Å². The smallest absolute Gasteiger partial charge is 0.293 e. The van der Waals surface area contributed by atoms with Crippen LogP contribution < -0.4 is 5.32 Å². The fourth-order valence-corrected chi connectivity index (χ4v) is 2.53. The second-order valence-corrected chi connectivity index (χ2v) is 7.27. The number of carbonyl (C=O) groups excluding carboxylic acids is 1. The van der Waals surface area contributed by atoms with Crippen LogP contribution in [0.2, 0.25) is 0 Å². The van der Waals surface area contributed by atoms with E-state index in [0.29, 0.717) is 6.42 Å². The van der Waals surface area contributed by atoms with Crippen molar-refractivity contribution < 1.29 is 18.1 Å². The van der Waals surface area contributed by atoms with Crippen LogP contribution >= 0.6 is 0 Å². The van der Waals surface area contributed by atoms with Gasteiger partial charge in [-0.05, 0) is 32.4 Å². The van der Waals surface area contributed by atoms with Gasteiger partial charge in [-0.15, -0.1) is 0 Å². The van der Waals surface area contributed by atoms with Crippen molar-refractivity contribution in [2.75, 3.05) is 17.3 Å². The Morgan fingerprint density at radius 3 is 2.52 bits per heavy atom.